The van der Waals surface area contributed by atoms with Gasteiger partial charge in [-0.05, 0) is 42.1 Å². The molecule has 7 nitrogen and oxygen atoms in total. The lowest BCUT2D eigenvalue weighted by Gasteiger charge is -2.25. The van der Waals surface area contributed by atoms with E-state index in [0.717, 1.165) is 21.2 Å². The summed E-state index contributed by atoms with van der Waals surface area (Å²) in [5.41, 5.74) is 0.781. The average Bonchev–Trinajstić information content (AvgIpc) is 3.41. The van der Waals surface area contributed by atoms with Gasteiger partial charge in [-0.15, -0.1) is 11.3 Å². The van der Waals surface area contributed by atoms with Crippen molar-refractivity contribution >= 4 is 35.2 Å². The molecule has 2 unspecified atom stereocenters. The summed E-state index contributed by atoms with van der Waals surface area (Å²) in [5, 5.41) is 23.1. The van der Waals surface area contributed by atoms with Gasteiger partial charge < -0.3 is 24.1 Å². The van der Waals surface area contributed by atoms with E-state index in [2.05, 4.69) is 4.98 Å². The van der Waals surface area contributed by atoms with Gasteiger partial charge in [0, 0.05) is 35.6 Å². The van der Waals surface area contributed by atoms with Crippen LogP contribution in [-0.4, -0.2) is 47.9 Å². The predicted molar refractivity (Wildman–Crippen MR) is 128 cm³/mol. The number of fused-ring (bicyclic) bond motifs is 1. The number of ether oxygens (including phenoxy) is 2. The summed E-state index contributed by atoms with van der Waals surface area (Å²) in [5.74, 6) is 0.611. The smallest absolute Gasteiger partial charge is 0.333 e. The first kappa shape index (κ1) is 23.0. The molecule has 0 saturated heterocycles. The van der Waals surface area contributed by atoms with Crippen LogP contribution in [0.2, 0.25) is 0 Å². The summed E-state index contributed by atoms with van der Waals surface area (Å²) in [6.45, 7) is 1.81. The summed E-state index contributed by atoms with van der Waals surface area (Å²) in [4.78, 5) is 15.9. The molecule has 0 radical (unpaired) electrons. The summed E-state index contributed by atoms with van der Waals surface area (Å²) < 4.78 is 17.8. The SMILES string of the molecule is BC(O)(Cc1nc(-c2ccccc2)oc1C)Oc1ccc(CC(OC)C(=O)O)c2sccc12. The van der Waals surface area contributed by atoms with Gasteiger partial charge in [0.1, 0.15) is 11.5 Å². The normalized spacial score (nSPS) is 14.2. The van der Waals surface area contributed by atoms with E-state index in [1.54, 1.807) is 13.9 Å². The van der Waals surface area contributed by atoms with E-state index in [0.29, 0.717) is 23.1 Å². The molecule has 2 aromatic carbocycles. The molecule has 0 saturated carbocycles. The number of rotatable bonds is 9. The number of benzene rings is 2. The van der Waals surface area contributed by atoms with Crippen LogP contribution in [0, 0.1) is 6.92 Å². The summed E-state index contributed by atoms with van der Waals surface area (Å²) in [6, 6.07) is 15.0. The molecule has 33 heavy (non-hydrogen) atoms. The topological polar surface area (TPSA) is 102 Å². The van der Waals surface area contributed by atoms with Crippen LogP contribution in [-0.2, 0) is 22.4 Å². The van der Waals surface area contributed by atoms with E-state index >= 15 is 0 Å². The highest BCUT2D eigenvalue weighted by atomic mass is 32.1. The molecule has 4 aromatic rings. The van der Waals surface area contributed by atoms with Gasteiger partial charge in [-0.2, -0.15) is 0 Å². The highest BCUT2D eigenvalue weighted by molar-refractivity contribution is 7.17. The first-order valence-corrected chi connectivity index (χ1v) is 11.3. The number of methoxy groups -OCH3 is 1. The number of carbonyl (C=O) groups is 1. The third-order valence-corrected chi connectivity index (χ3v) is 6.35. The molecular weight excluding hydrogens is 441 g/mol. The Morgan fingerprint density at radius 3 is 2.70 bits per heavy atom. The molecule has 0 spiro atoms. The van der Waals surface area contributed by atoms with Gasteiger partial charge in [0.25, 0.3) is 0 Å². The molecule has 0 bridgehead atoms. The van der Waals surface area contributed by atoms with Crippen molar-refractivity contribution in [3.05, 3.63) is 70.9 Å². The van der Waals surface area contributed by atoms with Crippen molar-refractivity contribution in [2.24, 2.45) is 0 Å². The minimum Gasteiger partial charge on any atom is -0.479 e. The van der Waals surface area contributed by atoms with Crippen molar-refractivity contribution in [1.29, 1.82) is 0 Å². The maximum Gasteiger partial charge on any atom is 0.333 e. The van der Waals surface area contributed by atoms with Crippen LogP contribution in [0.4, 0.5) is 0 Å². The van der Waals surface area contributed by atoms with Crippen LogP contribution >= 0.6 is 11.3 Å². The largest absolute Gasteiger partial charge is 0.479 e. The lowest BCUT2D eigenvalue weighted by Crippen LogP contribution is -2.39. The highest BCUT2D eigenvalue weighted by Gasteiger charge is 2.28. The fourth-order valence-electron chi connectivity index (χ4n) is 3.69. The third-order valence-electron chi connectivity index (χ3n) is 5.36. The molecular formula is C24H24BNO6S. The number of nitrogens with zero attached hydrogens (tertiary/aromatic N) is 1. The van der Waals surface area contributed by atoms with Gasteiger partial charge in [0.15, 0.2) is 19.6 Å². The Morgan fingerprint density at radius 2 is 2.00 bits per heavy atom. The maximum atomic E-state index is 11.4. The Balaban J connectivity index is 1.56. The predicted octanol–water partition coefficient (Wildman–Crippen LogP) is 3.41. The standard InChI is InChI=1S/C24H24BNO6S/c1-14-18(26-22(31-14)15-6-4-3-5-7-15)13-24(25,29)32-19-9-8-16(12-20(30-2)23(27)28)21-17(19)10-11-33-21/h3-11,20,29H,12-13,25H2,1-2H3,(H,27,28). The molecule has 0 fully saturated rings. The lowest BCUT2D eigenvalue weighted by atomic mass is 9.89. The van der Waals surface area contributed by atoms with Crippen molar-refractivity contribution in [2.75, 3.05) is 7.11 Å². The van der Waals surface area contributed by atoms with Crippen LogP contribution in [0.15, 0.2) is 58.3 Å². The third kappa shape index (κ3) is 5.11. The molecule has 2 atom stereocenters. The van der Waals surface area contributed by atoms with Gasteiger partial charge in [-0.3, -0.25) is 0 Å². The highest BCUT2D eigenvalue weighted by Crippen LogP contribution is 2.35. The van der Waals surface area contributed by atoms with Crippen LogP contribution < -0.4 is 4.74 Å². The van der Waals surface area contributed by atoms with Gasteiger partial charge in [0.2, 0.25) is 5.89 Å². The number of thiophene rings is 1. The fraction of sp³-hybridized carbons (Fsp3) is 0.250. The van der Waals surface area contributed by atoms with Crippen LogP contribution in [0.1, 0.15) is 17.0 Å². The minimum absolute atomic E-state index is 0.132. The van der Waals surface area contributed by atoms with E-state index in [1.165, 1.54) is 18.4 Å². The Bertz CT molecular complexity index is 1270. The second kappa shape index (κ2) is 9.39. The number of aliphatic carboxylic acids is 1. The monoisotopic (exact) mass is 465 g/mol. The number of oxazole rings is 1. The van der Waals surface area contributed by atoms with Gasteiger partial charge in [-0.25, -0.2) is 9.78 Å². The van der Waals surface area contributed by atoms with Gasteiger partial charge in [0.05, 0.1) is 5.69 Å². The summed E-state index contributed by atoms with van der Waals surface area (Å²) >= 11 is 1.49. The van der Waals surface area contributed by atoms with E-state index in [4.69, 9.17) is 13.9 Å². The first-order chi connectivity index (χ1) is 15.8. The Hall–Kier alpha value is -3.14. The number of hydrogen-bond donors (Lipinski definition) is 2. The Labute approximate surface area is 196 Å². The molecule has 2 N–H and O–H groups in total. The molecule has 0 aliphatic carbocycles. The maximum absolute atomic E-state index is 11.4. The van der Waals surface area contributed by atoms with E-state index in [1.807, 2.05) is 54.8 Å². The van der Waals surface area contributed by atoms with Crippen LogP contribution in [0.25, 0.3) is 21.5 Å². The fourth-order valence-corrected chi connectivity index (χ4v) is 4.63. The van der Waals surface area contributed by atoms with Crippen LogP contribution in [0.3, 0.4) is 0 Å². The quantitative estimate of drug-likeness (QED) is 0.289. The number of aromatic nitrogens is 1. The molecule has 0 aliphatic rings. The van der Waals surface area contributed by atoms with Crippen molar-refractivity contribution < 1.29 is 28.9 Å². The molecule has 170 valence electrons. The Kier molecular flexibility index (Phi) is 6.55. The zero-order valence-electron chi connectivity index (χ0n) is 18.6. The molecule has 2 heterocycles. The number of carboxylic acids is 1. The van der Waals surface area contributed by atoms with Crippen molar-refractivity contribution in [3.63, 3.8) is 0 Å². The average molecular weight is 465 g/mol. The molecule has 4 rings (SSSR count). The molecule has 2 aromatic heterocycles. The Morgan fingerprint density at radius 1 is 1.24 bits per heavy atom. The summed E-state index contributed by atoms with van der Waals surface area (Å²) in [6.07, 6.45) is -0.563. The summed E-state index contributed by atoms with van der Waals surface area (Å²) in [7, 11) is 2.97. The van der Waals surface area contributed by atoms with E-state index in [-0.39, 0.29) is 12.8 Å². The second-order valence-electron chi connectivity index (χ2n) is 7.99. The van der Waals surface area contributed by atoms with Crippen molar-refractivity contribution in [3.8, 4) is 17.2 Å². The van der Waals surface area contributed by atoms with E-state index < -0.39 is 17.8 Å². The van der Waals surface area contributed by atoms with E-state index in [9.17, 15) is 15.0 Å². The van der Waals surface area contributed by atoms with Crippen LogP contribution in [0.5, 0.6) is 5.75 Å². The first-order valence-electron chi connectivity index (χ1n) is 10.4. The zero-order valence-corrected chi connectivity index (χ0v) is 19.4. The number of carboxylic acid groups (broad SMARTS) is 1. The minimum atomic E-state index is -1.54. The number of aliphatic hydroxyl groups is 1. The van der Waals surface area contributed by atoms with Gasteiger partial charge >= 0.3 is 5.97 Å². The molecule has 9 heteroatoms. The molecule has 0 aliphatic heterocycles. The lowest BCUT2D eigenvalue weighted by molar-refractivity contribution is -0.148. The zero-order chi connectivity index (χ0) is 23.6. The van der Waals surface area contributed by atoms with Crippen molar-refractivity contribution in [1.82, 2.24) is 4.98 Å². The van der Waals surface area contributed by atoms with Gasteiger partial charge in [-0.1, -0.05) is 24.3 Å². The number of aryl methyl sites for hydroxylation is 1. The van der Waals surface area contributed by atoms with Crippen molar-refractivity contribution in [2.45, 2.75) is 31.6 Å². The number of hydrogen-bond acceptors (Lipinski definition) is 7. The molecule has 0 amide bonds. The second-order valence-corrected chi connectivity index (χ2v) is 8.91.